The molecule has 1 aromatic heterocycles. The zero-order valence-electron chi connectivity index (χ0n) is 11.0. The topological polar surface area (TPSA) is 58.4 Å². The Labute approximate surface area is 102 Å². The Morgan fingerprint density at radius 2 is 2.24 bits per heavy atom. The van der Waals surface area contributed by atoms with Crippen LogP contribution in [0.4, 0.5) is 0 Å². The van der Waals surface area contributed by atoms with E-state index in [0.29, 0.717) is 13.1 Å². The van der Waals surface area contributed by atoms with E-state index in [4.69, 9.17) is 0 Å². The van der Waals surface area contributed by atoms with Gasteiger partial charge >= 0.3 is 5.97 Å². The Kier molecular flexibility index (Phi) is 4.28. The highest BCUT2D eigenvalue weighted by atomic mass is 16.4. The number of imidazole rings is 1. The van der Waals surface area contributed by atoms with Crippen LogP contribution in [0.25, 0.3) is 0 Å². The summed E-state index contributed by atoms with van der Waals surface area (Å²) in [5, 5.41) is 9.19. The van der Waals surface area contributed by atoms with Crippen molar-refractivity contribution in [2.24, 2.45) is 0 Å². The maximum Gasteiger partial charge on any atom is 0.323 e. The number of aromatic nitrogens is 2. The summed E-state index contributed by atoms with van der Waals surface area (Å²) in [5.41, 5.74) is -0.830. The first-order valence-electron chi connectivity index (χ1n) is 5.85. The molecule has 1 heterocycles. The molecule has 0 aliphatic rings. The second-order valence-electron chi connectivity index (χ2n) is 4.61. The first-order valence-corrected chi connectivity index (χ1v) is 5.85. The lowest BCUT2D eigenvalue weighted by Gasteiger charge is -2.34. The molecule has 0 saturated heterocycles. The van der Waals surface area contributed by atoms with Crippen LogP contribution in [0.3, 0.4) is 0 Å². The van der Waals surface area contributed by atoms with Crippen LogP contribution >= 0.6 is 0 Å². The van der Waals surface area contributed by atoms with Gasteiger partial charge in [-0.25, -0.2) is 4.98 Å². The molecule has 0 bridgehead atoms. The van der Waals surface area contributed by atoms with Crippen LogP contribution in [0.15, 0.2) is 12.4 Å². The fourth-order valence-corrected chi connectivity index (χ4v) is 1.84. The molecule has 17 heavy (non-hydrogen) atoms. The predicted octanol–water partition coefficient (Wildman–Crippen LogP) is 1.38. The Morgan fingerprint density at radius 1 is 1.59 bits per heavy atom. The van der Waals surface area contributed by atoms with Gasteiger partial charge in [0, 0.05) is 25.5 Å². The SMILES string of the molecule is CCN(CCn1ccnc1C)C(C)(C)C(=O)O. The van der Waals surface area contributed by atoms with Crippen molar-refractivity contribution in [2.75, 3.05) is 13.1 Å². The summed E-state index contributed by atoms with van der Waals surface area (Å²) in [4.78, 5) is 17.3. The summed E-state index contributed by atoms with van der Waals surface area (Å²) < 4.78 is 2.03. The van der Waals surface area contributed by atoms with Crippen molar-refractivity contribution < 1.29 is 9.90 Å². The van der Waals surface area contributed by atoms with Gasteiger partial charge in [-0.05, 0) is 27.3 Å². The van der Waals surface area contributed by atoms with E-state index in [1.54, 1.807) is 20.0 Å². The molecule has 0 fully saturated rings. The van der Waals surface area contributed by atoms with Crippen molar-refractivity contribution in [3.63, 3.8) is 0 Å². The Morgan fingerprint density at radius 3 is 2.65 bits per heavy atom. The van der Waals surface area contributed by atoms with Crippen LogP contribution in [-0.2, 0) is 11.3 Å². The maximum absolute atomic E-state index is 11.2. The molecular weight excluding hydrogens is 218 g/mol. The number of rotatable bonds is 6. The number of likely N-dealkylation sites (N-methyl/N-ethyl adjacent to an activating group) is 1. The molecule has 5 heteroatoms. The number of carboxylic acids is 1. The van der Waals surface area contributed by atoms with E-state index in [1.807, 2.05) is 29.5 Å². The van der Waals surface area contributed by atoms with Crippen molar-refractivity contribution in [1.29, 1.82) is 0 Å². The molecule has 0 aliphatic heterocycles. The van der Waals surface area contributed by atoms with Crippen molar-refractivity contribution >= 4 is 5.97 Å². The first-order chi connectivity index (χ1) is 7.89. The van der Waals surface area contributed by atoms with Crippen LogP contribution in [0.1, 0.15) is 26.6 Å². The molecule has 5 nitrogen and oxygen atoms in total. The van der Waals surface area contributed by atoms with Crippen molar-refractivity contribution in [3.8, 4) is 0 Å². The van der Waals surface area contributed by atoms with Crippen LogP contribution in [-0.4, -0.2) is 44.2 Å². The normalized spacial score (nSPS) is 12.1. The second-order valence-corrected chi connectivity index (χ2v) is 4.61. The van der Waals surface area contributed by atoms with E-state index >= 15 is 0 Å². The quantitative estimate of drug-likeness (QED) is 0.814. The highest BCUT2D eigenvalue weighted by Gasteiger charge is 2.33. The summed E-state index contributed by atoms with van der Waals surface area (Å²) in [5.74, 6) is 0.163. The molecule has 1 rings (SSSR count). The summed E-state index contributed by atoms with van der Waals surface area (Å²) in [6.45, 7) is 9.57. The smallest absolute Gasteiger partial charge is 0.323 e. The number of hydrogen-bond acceptors (Lipinski definition) is 3. The molecule has 1 N–H and O–H groups in total. The van der Waals surface area contributed by atoms with Crippen molar-refractivity contribution in [1.82, 2.24) is 14.5 Å². The van der Waals surface area contributed by atoms with Gasteiger partial charge < -0.3 is 9.67 Å². The Balaban J connectivity index is 2.66. The van der Waals surface area contributed by atoms with Gasteiger partial charge in [0.15, 0.2) is 0 Å². The minimum Gasteiger partial charge on any atom is -0.480 e. The molecule has 1 aromatic rings. The fourth-order valence-electron chi connectivity index (χ4n) is 1.84. The summed E-state index contributed by atoms with van der Waals surface area (Å²) in [7, 11) is 0. The van der Waals surface area contributed by atoms with Crippen LogP contribution < -0.4 is 0 Å². The average molecular weight is 239 g/mol. The van der Waals surface area contributed by atoms with Crippen LogP contribution in [0.5, 0.6) is 0 Å². The molecule has 96 valence electrons. The first kappa shape index (κ1) is 13.7. The van der Waals surface area contributed by atoms with E-state index in [0.717, 1.165) is 12.4 Å². The number of nitrogens with zero attached hydrogens (tertiary/aromatic N) is 3. The van der Waals surface area contributed by atoms with E-state index in [9.17, 15) is 9.90 Å². The summed E-state index contributed by atoms with van der Waals surface area (Å²) in [6, 6.07) is 0. The van der Waals surface area contributed by atoms with E-state index < -0.39 is 11.5 Å². The lowest BCUT2D eigenvalue weighted by Crippen LogP contribution is -2.51. The molecule has 0 atom stereocenters. The molecule has 0 spiro atoms. The number of carboxylic acid groups (broad SMARTS) is 1. The van der Waals surface area contributed by atoms with Crippen molar-refractivity contribution in [3.05, 3.63) is 18.2 Å². The third kappa shape index (κ3) is 3.06. The fraction of sp³-hybridized carbons (Fsp3) is 0.667. The monoisotopic (exact) mass is 239 g/mol. The van der Waals surface area contributed by atoms with Crippen LogP contribution in [0.2, 0.25) is 0 Å². The molecular formula is C12H21N3O2. The van der Waals surface area contributed by atoms with Gasteiger partial charge in [-0.1, -0.05) is 6.92 Å². The molecule has 0 radical (unpaired) electrons. The van der Waals surface area contributed by atoms with E-state index in [-0.39, 0.29) is 0 Å². The summed E-state index contributed by atoms with van der Waals surface area (Å²) in [6.07, 6.45) is 3.67. The van der Waals surface area contributed by atoms with Gasteiger partial charge in [0.1, 0.15) is 11.4 Å². The van der Waals surface area contributed by atoms with Crippen LogP contribution in [0, 0.1) is 6.92 Å². The van der Waals surface area contributed by atoms with E-state index in [2.05, 4.69) is 4.98 Å². The molecule has 0 unspecified atom stereocenters. The highest BCUT2D eigenvalue weighted by molar-refractivity contribution is 5.77. The third-order valence-electron chi connectivity index (χ3n) is 3.23. The average Bonchev–Trinajstić information content (AvgIpc) is 2.64. The largest absolute Gasteiger partial charge is 0.480 e. The van der Waals surface area contributed by atoms with Gasteiger partial charge in [0.2, 0.25) is 0 Å². The van der Waals surface area contributed by atoms with Crippen molar-refractivity contribution in [2.45, 2.75) is 39.8 Å². The standard InChI is InChI=1S/C12H21N3O2/c1-5-15(12(3,4)11(16)17)9-8-14-7-6-13-10(14)2/h6-7H,5,8-9H2,1-4H3,(H,16,17). The Hall–Kier alpha value is -1.36. The second kappa shape index (κ2) is 5.31. The maximum atomic E-state index is 11.2. The van der Waals surface area contributed by atoms with E-state index in [1.165, 1.54) is 0 Å². The minimum atomic E-state index is -0.830. The Bertz CT molecular complexity index is 385. The highest BCUT2D eigenvalue weighted by Crippen LogP contribution is 2.14. The zero-order chi connectivity index (χ0) is 13.1. The number of aliphatic carboxylic acids is 1. The summed E-state index contributed by atoms with van der Waals surface area (Å²) >= 11 is 0. The number of hydrogen-bond donors (Lipinski definition) is 1. The molecule has 0 saturated carbocycles. The lowest BCUT2D eigenvalue weighted by atomic mass is 10.0. The van der Waals surface area contributed by atoms with Gasteiger partial charge in [-0.15, -0.1) is 0 Å². The number of carbonyl (C=O) groups is 1. The van der Waals surface area contributed by atoms with Gasteiger partial charge in [0.25, 0.3) is 0 Å². The molecule has 0 aromatic carbocycles. The van der Waals surface area contributed by atoms with Gasteiger partial charge in [-0.3, -0.25) is 9.69 Å². The van der Waals surface area contributed by atoms with Gasteiger partial charge in [-0.2, -0.15) is 0 Å². The minimum absolute atomic E-state index is 0.701. The van der Waals surface area contributed by atoms with Gasteiger partial charge in [0.05, 0.1) is 0 Å². The third-order valence-corrected chi connectivity index (χ3v) is 3.23. The molecule has 0 amide bonds. The lowest BCUT2D eigenvalue weighted by molar-refractivity contribution is -0.149. The zero-order valence-corrected chi connectivity index (χ0v) is 11.0. The molecule has 0 aliphatic carbocycles. The predicted molar refractivity (Wildman–Crippen MR) is 65.9 cm³/mol. The number of aryl methyl sites for hydroxylation is 1.